The molecule has 2 saturated carbocycles. The number of benzene rings is 1. The Bertz CT molecular complexity index is 1360. The minimum absolute atomic E-state index is 0.0187. The van der Waals surface area contributed by atoms with Crippen molar-refractivity contribution in [1.82, 2.24) is 19.1 Å². The van der Waals surface area contributed by atoms with Gasteiger partial charge in [0, 0.05) is 38.4 Å². The number of rotatable bonds is 6. The van der Waals surface area contributed by atoms with Crippen LogP contribution in [0, 0.1) is 17.7 Å². The van der Waals surface area contributed by atoms with Crippen molar-refractivity contribution in [2.75, 3.05) is 17.2 Å². The van der Waals surface area contributed by atoms with Crippen molar-refractivity contribution in [3.63, 3.8) is 0 Å². The maximum Gasteiger partial charge on any atom is 0.434 e. The molecule has 5 rings (SSSR count). The molecule has 2 fully saturated rings. The molecule has 0 radical (unpaired) electrons. The highest BCUT2D eigenvalue weighted by atomic mass is 35.5. The van der Waals surface area contributed by atoms with Crippen molar-refractivity contribution in [2.24, 2.45) is 25.9 Å². The van der Waals surface area contributed by atoms with Crippen LogP contribution < -0.4 is 10.6 Å². The highest BCUT2D eigenvalue weighted by Crippen LogP contribution is 2.54. The lowest BCUT2D eigenvalue weighted by Crippen LogP contribution is -2.35. The van der Waals surface area contributed by atoms with Gasteiger partial charge in [-0.25, -0.2) is 14.4 Å². The number of halogens is 5. The lowest BCUT2D eigenvalue weighted by Gasteiger charge is -2.25. The molecular weight excluding hydrogens is 528 g/mol. The second kappa shape index (κ2) is 9.57. The average molecular weight is 555 g/mol. The SMILES string of the molecule is Cn1cc(C(F)(F)F)nc1NCC1(O)CC2CC(c3ncn(C)c3C(=O)Nc3ccc(F)c(Cl)c3)CC2C1. The molecule has 8 nitrogen and oxygen atoms in total. The van der Waals surface area contributed by atoms with Gasteiger partial charge in [0.05, 0.1) is 22.6 Å². The first-order chi connectivity index (χ1) is 17.8. The van der Waals surface area contributed by atoms with Crippen LogP contribution in [0.3, 0.4) is 0 Å². The molecule has 13 heteroatoms. The van der Waals surface area contributed by atoms with Gasteiger partial charge in [-0.15, -0.1) is 0 Å². The molecular formula is C25H27ClF4N6O2. The van der Waals surface area contributed by atoms with Gasteiger partial charge in [0.15, 0.2) is 5.69 Å². The van der Waals surface area contributed by atoms with Gasteiger partial charge in [-0.1, -0.05) is 11.6 Å². The lowest BCUT2D eigenvalue weighted by molar-refractivity contribution is -0.140. The van der Waals surface area contributed by atoms with E-state index < -0.39 is 23.3 Å². The lowest BCUT2D eigenvalue weighted by atomic mass is 9.92. The van der Waals surface area contributed by atoms with Crippen molar-refractivity contribution in [1.29, 1.82) is 0 Å². The van der Waals surface area contributed by atoms with Crippen LogP contribution in [0.15, 0.2) is 30.7 Å². The van der Waals surface area contributed by atoms with Crippen molar-refractivity contribution in [3.8, 4) is 0 Å². The monoisotopic (exact) mass is 554 g/mol. The Kier molecular flexibility index (Phi) is 6.67. The molecule has 38 heavy (non-hydrogen) atoms. The summed E-state index contributed by atoms with van der Waals surface area (Å²) in [6.45, 7) is 0.0876. The molecule has 2 atom stereocenters. The zero-order valence-electron chi connectivity index (χ0n) is 20.7. The third kappa shape index (κ3) is 5.11. The molecule has 2 heterocycles. The summed E-state index contributed by atoms with van der Waals surface area (Å²) in [6.07, 6.45) is 0.381. The number of aryl methyl sites for hydroxylation is 2. The van der Waals surface area contributed by atoms with Crippen LogP contribution in [0.4, 0.5) is 29.2 Å². The predicted molar refractivity (Wildman–Crippen MR) is 132 cm³/mol. The van der Waals surface area contributed by atoms with E-state index in [1.165, 1.54) is 29.8 Å². The topological polar surface area (TPSA) is 97.0 Å². The molecule has 0 aliphatic heterocycles. The summed E-state index contributed by atoms with van der Waals surface area (Å²) in [5.41, 5.74) is -0.621. The highest BCUT2D eigenvalue weighted by Gasteiger charge is 2.50. The van der Waals surface area contributed by atoms with Gasteiger partial charge in [-0.2, -0.15) is 13.2 Å². The summed E-state index contributed by atoms with van der Waals surface area (Å²) in [5.74, 6) is -0.517. The summed E-state index contributed by atoms with van der Waals surface area (Å²) in [6, 6.07) is 3.95. The number of aliphatic hydroxyl groups is 1. The molecule has 2 aromatic heterocycles. The Hall–Kier alpha value is -3.12. The predicted octanol–water partition coefficient (Wildman–Crippen LogP) is 4.96. The van der Waals surface area contributed by atoms with Crippen molar-refractivity contribution in [2.45, 2.75) is 43.4 Å². The minimum atomic E-state index is -4.54. The number of imidazole rings is 2. The van der Waals surface area contributed by atoms with Gasteiger partial charge in [0.2, 0.25) is 5.95 Å². The first-order valence-corrected chi connectivity index (χ1v) is 12.6. The second-order valence-corrected chi connectivity index (χ2v) is 10.8. The summed E-state index contributed by atoms with van der Waals surface area (Å²) in [7, 11) is 3.19. The van der Waals surface area contributed by atoms with Crippen LogP contribution in [-0.4, -0.2) is 42.3 Å². The van der Waals surface area contributed by atoms with Crippen LogP contribution in [0.1, 0.15) is 53.5 Å². The zero-order valence-corrected chi connectivity index (χ0v) is 21.4. The number of fused-ring (bicyclic) bond motifs is 1. The standard InChI is InChI=1S/C25H27ClF4N6O2/c1-35-10-19(25(28,29)30)34-23(35)31-11-24(38)8-14-5-13(6-15(14)9-24)20-21(36(2)12-32-20)22(37)33-16-3-4-18(27)17(26)7-16/h3-4,7,10,12-15,38H,5-6,8-9,11H2,1-2H3,(H,31,34)(H,33,37). The van der Waals surface area contributed by atoms with Crippen LogP contribution in [0.5, 0.6) is 0 Å². The Morgan fingerprint density at radius 2 is 1.89 bits per heavy atom. The van der Waals surface area contributed by atoms with Crippen molar-refractivity contribution in [3.05, 3.63) is 58.6 Å². The van der Waals surface area contributed by atoms with E-state index in [4.69, 9.17) is 11.6 Å². The highest BCUT2D eigenvalue weighted by molar-refractivity contribution is 6.31. The largest absolute Gasteiger partial charge is 0.434 e. The van der Waals surface area contributed by atoms with E-state index in [2.05, 4.69) is 20.6 Å². The van der Waals surface area contributed by atoms with Gasteiger partial charge in [0.1, 0.15) is 11.5 Å². The first kappa shape index (κ1) is 26.5. The van der Waals surface area contributed by atoms with Gasteiger partial charge in [-0.05, 0) is 55.7 Å². The Balaban J connectivity index is 1.23. The summed E-state index contributed by atoms with van der Waals surface area (Å²) < 4.78 is 55.2. The van der Waals surface area contributed by atoms with Gasteiger partial charge < -0.3 is 24.9 Å². The number of nitrogens with one attached hydrogen (secondary N) is 2. The van der Waals surface area contributed by atoms with Crippen LogP contribution in [0.2, 0.25) is 5.02 Å². The fourth-order valence-electron chi connectivity index (χ4n) is 5.94. The third-order valence-corrected chi connectivity index (χ3v) is 7.90. The van der Waals surface area contributed by atoms with Gasteiger partial charge >= 0.3 is 6.18 Å². The molecule has 0 spiro atoms. The molecule has 0 bridgehead atoms. The van der Waals surface area contributed by atoms with E-state index in [1.807, 2.05) is 0 Å². The molecule has 2 aliphatic carbocycles. The number of amides is 1. The Morgan fingerprint density at radius 3 is 2.50 bits per heavy atom. The van der Waals surface area contributed by atoms with Crippen LogP contribution in [-0.2, 0) is 20.3 Å². The smallest absolute Gasteiger partial charge is 0.388 e. The summed E-state index contributed by atoms with van der Waals surface area (Å²) in [4.78, 5) is 21.2. The molecule has 3 aromatic rings. The fourth-order valence-corrected chi connectivity index (χ4v) is 6.12. The number of hydrogen-bond donors (Lipinski definition) is 3. The quantitative estimate of drug-likeness (QED) is 0.374. The number of carbonyl (C=O) groups is 1. The maximum absolute atomic E-state index is 13.5. The van der Waals surface area contributed by atoms with Crippen LogP contribution in [0.25, 0.3) is 0 Å². The van der Waals surface area contributed by atoms with E-state index >= 15 is 0 Å². The molecule has 2 aliphatic rings. The Morgan fingerprint density at radius 1 is 1.21 bits per heavy atom. The van der Waals surface area contributed by atoms with E-state index in [0.29, 0.717) is 29.9 Å². The van der Waals surface area contributed by atoms with Gasteiger partial charge in [0.25, 0.3) is 5.91 Å². The summed E-state index contributed by atoms with van der Waals surface area (Å²) >= 11 is 5.83. The maximum atomic E-state index is 13.5. The minimum Gasteiger partial charge on any atom is -0.388 e. The van der Waals surface area contributed by atoms with E-state index in [1.54, 1.807) is 17.9 Å². The van der Waals surface area contributed by atoms with E-state index in [9.17, 15) is 27.5 Å². The molecule has 0 saturated heterocycles. The number of aromatic nitrogens is 4. The molecule has 204 valence electrons. The second-order valence-electron chi connectivity index (χ2n) is 10.4. The number of carbonyl (C=O) groups excluding carboxylic acids is 1. The normalized spacial score (nSPS) is 25.0. The van der Waals surface area contributed by atoms with Gasteiger partial charge in [-0.3, -0.25) is 4.79 Å². The number of alkyl halides is 3. The number of anilines is 2. The molecule has 3 N–H and O–H groups in total. The molecule has 2 unspecified atom stereocenters. The van der Waals surface area contributed by atoms with E-state index in [-0.39, 0.29) is 41.2 Å². The Labute approximate surface area is 221 Å². The summed E-state index contributed by atoms with van der Waals surface area (Å²) in [5, 5.41) is 16.7. The first-order valence-electron chi connectivity index (χ1n) is 12.2. The zero-order chi connectivity index (χ0) is 27.4. The number of nitrogens with zero attached hydrogens (tertiary/aromatic N) is 4. The van der Waals surface area contributed by atoms with Crippen LogP contribution >= 0.6 is 11.6 Å². The average Bonchev–Trinajstić information content (AvgIpc) is 3.56. The van der Waals surface area contributed by atoms with Crippen molar-refractivity contribution >= 4 is 29.1 Å². The molecule has 1 amide bonds. The van der Waals surface area contributed by atoms with E-state index in [0.717, 1.165) is 19.0 Å². The third-order valence-electron chi connectivity index (χ3n) is 7.61. The molecule has 1 aromatic carbocycles. The van der Waals surface area contributed by atoms with Crippen molar-refractivity contribution < 1.29 is 27.5 Å². The number of hydrogen-bond acceptors (Lipinski definition) is 5. The fraction of sp³-hybridized carbons (Fsp3) is 0.480.